The fourth-order valence-electron chi connectivity index (χ4n) is 1.07. The number of nitrogens with one attached hydrogen (secondary N) is 1. The fourth-order valence-corrected chi connectivity index (χ4v) is 2.40. The number of H-pyrrole nitrogens is 1. The number of primary amides is 1. The normalized spacial score (nSPS) is 10.6. The molecule has 2 rings (SSSR count). The van der Waals surface area contributed by atoms with Gasteiger partial charge in [-0.25, -0.2) is 4.98 Å². The molecule has 0 saturated heterocycles. The fraction of sp³-hybridized carbons (Fsp3) is 0. The predicted octanol–water partition coefficient (Wildman–Crippen LogP) is 0.737. The van der Waals surface area contributed by atoms with E-state index < -0.39 is 5.91 Å². The first-order valence-electron chi connectivity index (χ1n) is 3.56. The summed E-state index contributed by atoms with van der Waals surface area (Å²) in [6, 6.07) is 0. The highest BCUT2D eigenvalue weighted by molar-refractivity contribution is 7.21. The summed E-state index contributed by atoms with van der Waals surface area (Å²) in [6.45, 7) is 0. The zero-order valence-electron chi connectivity index (χ0n) is 6.70. The van der Waals surface area contributed by atoms with Crippen LogP contribution in [0, 0.1) is 0 Å². The summed E-state index contributed by atoms with van der Waals surface area (Å²) in [4.78, 5) is 29.0. The lowest BCUT2D eigenvalue weighted by Crippen LogP contribution is -2.09. The molecule has 0 fully saturated rings. The molecule has 1 amide bonds. The van der Waals surface area contributed by atoms with Gasteiger partial charge in [0.1, 0.15) is 9.71 Å². The summed E-state index contributed by atoms with van der Waals surface area (Å²) in [5.41, 5.74) is 4.70. The van der Waals surface area contributed by atoms with Crippen molar-refractivity contribution in [3.05, 3.63) is 26.6 Å². The van der Waals surface area contributed by atoms with Gasteiger partial charge in [-0.2, -0.15) is 0 Å². The van der Waals surface area contributed by atoms with E-state index in [1.165, 1.54) is 6.33 Å². The number of carbonyl (C=O) groups excluding carboxylic acids is 1. The van der Waals surface area contributed by atoms with Crippen molar-refractivity contribution in [2.75, 3.05) is 0 Å². The number of nitrogens with zero attached hydrogens (tertiary/aromatic N) is 1. The van der Waals surface area contributed by atoms with Crippen molar-refractivity contribution < 1.29 is 4.79 Å². The van der Waals surface area contributed by atoms with Crippen LogP contribution >= 0.6 is 22.9 Å². The van der Waals surface area contributed by atoms with E-state index in [0.717, 1.165) is 11.3 Å². The molecule has 0 atom stereocenters. The van der Waals surface area contributed by atoms with Crippen molar-refractivity contribution in [3.8, 4) is 0 Å². The smallest absolute Gasteiger partial charge is 0.260 e. The molecule has 2 heterocycles. The summed E-state index contributed by atoms with van der Waals surface area (Å²) in [6.07, 6.45) is 1.25. The molecule has 0 aliphatic rings. The molecule has 72 valence electrons. The lowest BCUT2D eigenvalue weighted by Gasteiger charge is -1.87. The topological polar surface area (TPSA) is 88.8 Å². The minimum atomic E-state index is -0.655. The van der Waals surface area contributed by atoms with Crippen molar-refractivity contribution >= 4 is 39.1 Å². The Hall–Kier alpha value is -1.40. The van der Waals surface area contributed by atoms with Gasteiger partial charge >= 0.3 is 0 Å². The van der Waals surface area contributed by atoms with Gasteiger partial charge in [-0.05, 0) is 0 Å². The second-order valence-corrected chi connectivity index (χ2v) is 3.90. The van der Waals surface area contributed by atoms with Gasteiger partial charge in [0.05, 0.1) is 16.7 Å². The van der Waals surface area contributed by atoms with Crippen LogP contribution in [0.3, 0.4) is 0 Å². The minimum absolute atomic E-state index is 0.0758. The average molecular weight is 230 g/mol. The van der Waals surface area contributed by atoms with E-state index in [2.05, 4.69) is 9.97 Å². The molecule has 3 N–H and O–H groups in total. The van der Waals surface area contributed by atoms with E-state index in [1.807, 2.05) is 0 Å². The van der Waals surface area contributed by atoms with Crippen LogP contribution in [-0.2, 0) is 0 Å². The standard InChI is InChI=1S/C7H4ClN3O2S/c8-3-2-6(13)10-1-11-7(2)14-4(3)5(9)12/h1H,(H2,9,12)(H,10,11,13). The van der Waals surface area contributed by atoms with E-state index in [4.69, 9.17) is 17.3 Å². The second-order valence-electron chi connectivity index (χ2n) is 2.52. The van der Waals surface area contributed by atoms with E-state index in [1.54, 1.807) is 0 Å². The highest BCUT2D eigenvalue weighted by atomic mass is 35.5. The molecule has 0 unspecified atom stereocenters. The van der Waals surface area contributed by atoms with Crippen LogP contribution in [0.1, 0.15) is 9.67 Å². The Balaban J connectivity index is 2.94. The molecule has 0 saturated carbocycles. The van der Waals surface area contributed by atoms with E-state index >= 15 is 0 Å². The number of halogens is 1. The molecular weight excluding hydrogens is 226 g/mol. The SMILES string of the molecule is NC(=O)c1sc2nc[nH]c(=O)c2c1Cl. The molecule has 0 radical (unpaired) electrons. The zero-order valence-corrected chi connectivity index (χ0v) is 8.28. The number of aromatic nitrogens is 2. The second kappa shape index (κ2) is 3.07. The Morgan fingerprint density at radius 1 is 1.64 bits per heavy atom. The molecule has 2 aromatic rings. The molecule has 5 nitrogen and oxygen atoms in total. The Bertz CT molecular complexity index is 574. The van der Waals surface area contributed by atoms with Crippen LogP contribution < -0.4 is 11.3 Å². The largest absolute Gasteiger partial charge is 0.365 e. The maximum atomic E-state index is 11.3. The van der Waals surface area contributed by atoms with Crippen molar-refractivity contribution in [1.82, 2.24) is 9.97 Å². The van der Waals surface area contributed by atoms with Crippen LogP contribution in [0.25, 0.3) is 10.2 Å². The van der Waals surface area contributed by atoms with E-state index in [9.17, 15) is 9.59 Å². The lowest BCUT2D eigenvalue weighted by atomic mass is 10.3. The number of fused-ring (bicyclic) bond motifs is 1. The van der Waals surface area contributed by atoms with Crippen LogP contribution in [0.2, 0.25) is 5.02 Å². The predicted molar refractivity (Wildman–Crippen MR) is 53.8 cm³/mol. The molecule has 7 heteroatoms. The van der Waals surface area contributed by atoms with Gasteiger partial charge in [0.15, 0.2) is 0 Å². The molecule has 14 heavy (non-hydrogen) atoms. The van der Waals surface area contributed by atoms with E-state index in [-0.39, 0.29) is 20.8 Å². The Kier molecular flexibility index (Phi) is 2.01. The lowest BCUT2D eigenvalue weighted by molar-refractivity contribution is 0.100. The minimum Gasteiger partial charge on any atom is -0.365 e. The first-order valence-corrected chi connectivity index (χ1v) is 4.76. The number of nitrogens with two attached hydrogens (primary N) is 1. The Morgan fingerprint density at radius 3 is 2.93 bits per heavy atom. The Labute approximate surface area is 86.5 Å². The Morgan fingerprint density at radius 2 is 2.36 bits per heavy atom. The molecule has 0 aliphatic carbocycles. The van der Waals surface area contributed by atoms with Gasteiger partial charge in [-0.3, -0.25) is 9.59 Å². The van der Waals surface area contributed by atoms with Crippen molar-refractivity contribution in [3.63, 3.8) is 0 Å². The summed E-state index contributed by atoms with van der Waals surface area (Å²) in [5, 5.41) is 0.291. The van der Waals surface area contributed by atoms with Gasteiger partial charge < -0.3 is 10.7 Å². The molecule has 0 spiro atoms. The number of thiophene rings is 1. The van der Waals surface area contributed by atoms with Crippen molar-refractivity contribution in [2.45, 2.75) is 0 Å². The zero-order chi connectivity index (χ0) is 10.3. The van der Waals surface area contributed by atoms with Gasteiger partial charge in [0.2, 0.25) is 0 Å². The monoisotopic (exact) mass is 229 g/mol. The summed E-state index contributed by atoms with van der Waals surface area (Å²) < 4.78 is 0. The summed E-state index contributed by atoms with van der Waals surface area (Å²) >= 11 is 6.82. The van der Waals surface area contributed by atoms with Gasteiger partial charge in [0.25, 0.3) is 11.5 Å². The average Bonchev–Trinajstić information content (AvgIpc) is 2.45. The number of amides is 1. The maximum Gasteiger partial charge on any atom is 0.260 e. The highest BCUT2D eigenvalue weighted by Gasteiger charge is 2.17. The first kappa shape index (κ1) is 9.17. The quantitative estimate of drug-likeness (QED) is 0.756. The third-order valence-electron chi connectivity index (χ3n) is 1.66. The maximum absolute atomic E-state index is 11.3. The third kappa shape index (κ3) is 1.19. The molecule has 2 aromatic heterocycles. The van der Waals surface area contributed by atoms with Gasteiger partial charge in [0, 0.05) is 0 Å². The molecular formula is C7H4ClN3O2S. The van der Waals surface area contributed by atoms with Crippen LogP contribution in [0.4, 0.5) is 0 Å². The molecule has 0 aliphatic heterocycles. The molecule has 0 aromatic carbocycles. The number of rotatable bonds is 1. The van der Waals surface area contributed by atoms with Crippen molar-refractivity contribution in [2.24, 2.45) is 5.73 Å². The van der Waals surface area contributed by atoms with Crippen LogP contribution in [0.15, 0.2) is 11.1 Å². The number of hydrogen-bond acceptors (Lipinski definition) is 4. The number of carbonyl (C=O) groups is 1. The number of hydrogen-bond donors (Lipinski definition) is 2. The summed E-state index contributed by atoms with van der Waals surface area (Å²) in [7, 11) is 0. The summed E-state index contributed by atoms with van der Waals surface area (Å²) in [5.74, 6) is -0.655. The van der Waals surface area contributed by atoms with Gasteiger partial charge in [-0.1, -0.05) is 11.6 Å². The first-order chi connectivity index (χ1) is 6.61. The van der Waals surface area contributed by atoms with Crippen LogP contribution in [-0.4, -0.2) is 15.9 Å². The number of aromatic amines is 1. The highest BCUT2D eigenvalue weighted by Crippen LogP contribution is 2.30. The van der Waals surface area contributed by atoms with E-state index in [0.29, 0.717) is 4.83 Å². The van der Waals surface area contributed by atoms with Gasteiger partial charge in [-0.15, -0.1) is 11.3 Å². The third-order valence-corrected chi connectivity index (χ3v) is 3.26. The molecule has 0 bridgehead atoms. The van der Waals surface area contributed by atoms with Crippen LogP contribution in [0.5, 0.6) is 0 Å². The van der Waals surface area contributed by atoms with Crippen molar-refractivity contribution in [1.29, 1.82) is 0 Å².